The van der Waals surface area contributed by atoms with Gasteiger partial charge in [-0.2, -0.15) is 0 Å². The van der Waals surface area contributed by atoms with E-state index in [1.54, 1.807) is 9.80 Å². The van der Waals surface area contributed by atoms with Crippen LogP contribution in [-0.4, -0.2) is 53.1 Å². The van der Waals surface area contributed by atoms with Gasteiger partial charge in [-0.05, 0) is 43.5 Å². The monoisotopic (exact) mass is 446 g/mol. The Labute approximate surface area is 194 Å². The molecule has 7 nitrogen and oxygen atoms in total. The first-order valence-corrected chi connectivity index (χ1v) is 11.3. The standard InChI is InChI=1S/C26H30N4O3/c1-18-6-4-8-22(14-18)23-9-5-7-21(15-23)17-27-26(32)30-12-10-29(11-13-30)25(31)16-24-19(2)28-33-20(24)3/h4-9,14-15H,10-13,16-17H2,1-3H3,(H,27,32). The number of hydrogen-bond acceptors (Lipinski definition) is 4. The summed E-state index contributed by atoms with van der Waals surface area (Å²) in [5.74, 6) is 0.725. The fraction of sp³-hybridized carbons (Fsp3) is 0.346. The Morgan fingerprint density at radius 1 is 0.939 bits per heavy atom. The Balaban J connectivity index is 1.27. The molecule has 1 aliphatic heterocycles. The van der Waals surface area contributed by atoms with Crippen molar-refractivity contribution in [1.29, 1.82) is 0 Å². The van der Waals surface area contributed by atoms with Crippen molar-refractivity contribution in [3.63, 3.8) is 0 Å². The average Bonchev–Trinajstić information content (AvgIpc) is 3.15. The van der Waals surface area contributed by atoms with Crippen LogP contribution in [0.25, 0.3) is 11.1 Å². The van der Waals surface area contributed by atoms with Gasteiger partial charge in [0.25, 0.3) is 0 Å². The Morgan fingerprint density at radius 2 is 1.61 bits per heavy atom. The number of aryl methyl sites for hydroxylation is 3. The number of nitrogens with one attached hydrogen (secondary N) is 1. The molecule has 0 radical (unpaired) electrons. The Hall–Kier alpha value is -3.61. The molecule has 4 rings (SSSR count). The van der Waals surface area contributed by atoms with E-state index in [9.17, 15) is 9.59 Å². The molecule has 172 valence electrons. The number of rotatable bonds is 5. The number of urea groups is 1. The maximum absolute atomic E-state index is 12.7. The van der Waals surface area contributed by atoms with Gasteiger partial charge in [0.2, 0.25) is 5.91 Å². The second kappa shape index (κ2) is 9.90. The van der Waals surface area contributed by atoms with Gasteiger partial charge in [-0.3, -0.25) is 4.79 Å². The van der Waals surface area contributed by atoms with Crippen LogP contribution in [-0.2, 0) is 17.8 Å². The predicted molar refractivity (Wildman–Crippen MR) is 127 cm³/mol. The molecule has 0 unspecified atom stereocenters. The molecule has 2 aromatic carbocycles. The summed E-state index contributed by atoms with van der Waals surface area (Å²) in [5.41, 5.74) is 6.18. The molecule has 7 heteroatoms. The molecule has 1 N–H and O–H groups in total. The minimum Gasteiger partial charge on any atom is -0.361 e. The van der Waals surface area contributed by atoms with E-state index in [0.29, 0.717) is 38.5 Å². The number of piperazine rings is 1. The highest BCUT2D eigenvalue weighted by Gasteiger charge is 2.25. The highest BCUT2D eigenvalue weighted by atomic mass is 16.5. The molecule has 3 amide bonds. The van der Waals surface area contributed by atoms with E-state index in [2.05, 4.69) is 53.8 Å². The fourth-order valence-electron chi connectivity index (χ4n) is 4.15. The zero-order chi connectivity index (χ0) is 23.4. The summed E-state index contributed by atoms with van der Waals surface area (Å²) < 4.78 is 5.15. The molecular weight excluding hydrogens is 416 g/mol. The summed E-state index contributed by atoms with van der Waals surface area (Å²) in [7, 11) is 0. The highest BCUT2D eigenvalue weighted by molar-refractivity contribution is 5.80. The van der Waals surface area contributed by atoms with E-state index in [1.165, 1.54) is 11.1 Å². The minimum atomic E-state index is -0.103. The van der Waals surface area contributed by atoms with Crippen LogP contribution in [0.2, 0.25) is 0 Å². The second-order valence-corrected chi connectivity index (χ2v) is 8.58. The van der Waals surface area contributed by atoms with Crippen molar-refractivity contribution in [3.8, 4) is 11.1 Å². The smallest absolute Gasteiger partial charge is 0.317 e. The molecule has 1 saturated heterocycles. The van der Waals surface area contributed by atoms with Gasteiger partial charge < -0.3 is 19.6 Å². The van der Waals surface area contributed by atoms with Gasteiger partial charge in [-0.1, -0.05) is 53.2 Å². The SMILES string of the molecule is Cc1cccc(-c2cccc(CNC(=O)N3CCN(C(=O)Cc4c(C)noc4C)CC3)c2)c1. The largest absolute Gasteiger partial charge is 0.361 e. The summed E-state index contributed by atoms with van der Waals surface area (Å²) in [5, 5.41) is 6.93. The number of benzene rings is 2. The van der Waals surface area contributed by atoms with Crippen LogP contribution < -0.4 is 5.32 Å². The van der Waals surface area contributed by atoms with Crippen LogP contribution in [0.4, 0.5) is 4.79 Å². The summed E-state index contributed by atoms with van der Waals surface area (Å²) in [4.78, 5) is 28.9. The second-order valence-electron chi connectivity index (χ2n) is 8.58. The maximum Gasteiger partial charge on any atom is 0.317 e. The zero-order valence-corrected chi connectivity index (χ0v) is 19.4. The molecule has 2 heterocycles. The molecule has 1 aliphatic rings. The molecule has 0 bridgehead atoms. The van der Waals surface area contributed by atoms with Gasteiger partial charge >= 0.3 is 6.03 Å². The van der Waals surface area contributed by atoms with Crippen LogP contribution in [0.15, 0.2) is 53.1 Å². The topological polar surface area (TPSA) is 78.7 Å². The minimum absolute atomic E-state index is 0.0393. The molecule has 1 aromatic heterocycles. The van der Waals surface area contributed by atoms with Crippen molar-refractivity contribution < 1.29 is 14.1 Å². The molecule has 3 aromatic rings. The van der Waals surface area contributed by atoms with Crippen molar-refractivity contribution in [1.82, 2.24) is 20.3 Å². The number of carbonyl (C=O) groups is 2. The average molecular weight is 447 g/mol. The van der Waals surface area contributed by atoms with Crippen LogP contribution in [0, 0.1) is 20.8 Å². The molecule has 33 heavy (non-hydrogen) atoms. The summed E-state index contributed by atoms with van der Waals surface area (Å²) in [6, 6.07) is 16.5. The Bertz CT molecular complexity index is 1130. The third-order valence-corrected chi connectivity index (χ3v) is 6.15. The Kier molecular flexibility index (Phi) is 6.77. The van der Waals surface area contributed by atoms with E-state index in [-0.39, 0.29) is 18.4 Å². The van der Waals surface area contributed by atoms with Gasteiger partial charge in [-0.25, -0.2) is 4.79 Å². The molecular formula is C26H30N4O3. The van der Waals surface area contributed by atoms with Crippen molar-refractivity contribution in [2.75, 3.05) is 26.2 Å². The first-order chi connectivity index (χ1) is 15.9. The van der Waals surface area contributed by atoms with Gasteiger partial charge in [0, 0.05) is 38.3 Å². The first kappa shape index (κ1) is 22.6. The van der Waals surface area contributed by atoms with Gasteiger partial charge in [0.15, 0.2) is 0 Å². The van der Waals surface area contributed by atoms with Gasteiger partial charge in [0.05, 0.1) is 12.1 Å². The summed E-state index contributed by atoms with van der Waals surface area (Å²) in [6.45, 7) is 8.29. The zero-order valence-electron chi connectivity index (χ0n) is 19.4. The van der Waals surface area contributed by atoms with Crippen LogP contribution in [0.3, 0.4) is 0 Å². The van der Waals surface area contributed by atoms with E-state index in [0.717, 1.165) is 22.4 Å². The third kappa shape index (κ3) is 5.42. The van der Waals surface area contributed by atoms with Crippen molar-refractivity contribution >= 4 is 11.9 Å². The maximum atomic E-state index is 12.7. The van der Waals surface area contributed by atoms with Gasteiger partial charge in [-0.15, -0.1) is 0 Å². The van der Waals surface area contributed by atoms with Crippen molar-refractivity contribution in [2.24, 2.45) is 0 Å². The van der Waals surface area contributed by atoms with E-state index >= 15 is 0 Å². The fourth-order valence-corrected chi connectivity index (χ4v) is 4.15. The number of nitrogens with zero attached hydrogens (tertiary/aromatic N) is 3. The van der Waals surface area contributed by atoms with Crippen LogP contribution in [0.1, 0.15) is 28.1 Å². The molecule has 0 spiro atoms. The molecule has 1 fully saturated rings. The number of amides is 3. The van der Waals surface area contributed by atoms with E-state index < -0.39 is 0 Å². The van der Waals surface area contributed by atoms with E-state index in [1.807, 2.05) is 26.0 Å². The van der Waals surface area contributed by atoms with Crippen molar-refractivity contribution in [3.05, 3.63) is 76.7 Å². The molecule has 0 atom stereocenters. The normalized spacial score (nSPS) is 13.8. The van der Waals surface area contributed by atoms with Gasteiger partial charge in [0.1, 0.15) is 5.76 Å². The lowest BCUT2D eigenvalue weighted by Crippen LogP contribution is -2.53. The van der Waals surface area contributed by atoms with Crippen LogP contribution in [0.5, 0.6) is 0 Å². The number of aromatic nitrogens is 1. The van der Waals surface area contributed by atoms with Crippen LogP contribution >= 0.6 is 0 Å². The Morgan fingerprint density at radius 3 is 2.27 bits per heavy atom. The summed E-state index contributed by atoms with van der Waals surface area (Å²) >= 11 is 0. The lowest BCUT2D eigenvalue weighted by atomic mass is 10.0. The number of carbonyl (C=O) groups excluding carboxylic acids is 2. The highest BCUT2D eigenvalue weighted by Crippen LogP contribution is 2.21. The first-order valence-electron chi connectivity index (χ1n) is 11.3. The lowest BCUT2D eigenvalue weighted by Gasteiger charge is -2.34. The van der Waals surface area contributed by atoms with Crippen molar-refractivity contribution in [2.45, 2.75) is 33.7 Å². The molecule has 0 saturated carbocycles. The summed E-state index contributed by atoms with van der Waals surface area (Å²) in [6.07, 6.45) is 0.282. The predicted octanol–water partition coefficient (Wildman–Crippen LogP) is 3.86. The quantitative estimate of drug-likeness (QED) is 0.646. The lowest BCUT2D eigenvalue weighted by molar-refractivity contribution is -0.131. The third-order valence-electron chi connectivity index (χ3n) is 6.15. The molecule has 0 aliphatic carbocycles. The number of hydrogen-bond donors (Lipinski definition) is 1. The van der Waals surface area contributed by atoms with E-state index in [4.69, 9.17) is 4.52 Å².